The molecular formula is C30H37F2N5O2S3. The lowest BCUT2D eigenvalue weighted by atomic mass is 9.96. The molecule has 226 valence electrons. The van der Waals surface area contributed by atoms with Crippen molar-refractivity contribution in [1.29, 1.82) is 0 Å². The van der Waals surface area contributed by atoms with Crippen LogP contribution >= 0.6 is 24.0 Å². The van der Waals surface area contributed by atoms with Crippen LogP contribution in [0.2, 0.25) is 0 Å². The fourth-order valence-electron chi connectivity index (χ4n) is 4.08. The smallest absolute Gasteiger partial charge is 0.335 e. The maximum Gasteiger partial charge on any atom is 0.335 e. The summed E-state index contributed by atoms with van der Waals surface area (Å²) < 4.78 is 42.5. The van der Waals surface area contributed by atoms with Crippen LogP contribution in [0.1, 0.15) is 70.7 Å². The minimum atomic E-state index is -0.750. The molecule has 0 aliphatic heterocycles. The van der Waals surface area contributed by atoms with E-state index >= 15 is 0 Å². The Kier molecular flexibility index (Phi) is 15.3. The van der Waals surface area contributed by atoms with Crippen molar-refractivity contribution in [1.82, 2.24) is 15.0 Å². The van der Waals surface area contributed by atoms with Crippen molar-refractivity contribution in [3.05, 3.63) is 71.4 Å². The van der Waals surface area contributed by atoms with Crippen molar-refractivity contribution in [2.24, 2.45) is 0 Å². The Hall–Kier alpha value is -3.22. The lowest BCUT2D eigenvalue weighted by Crippen LogP contribution is -2.23. The topological polar surface area (TPSA) is 111 Å². The number of thiol groups is 1. The van der Waals surface area contributed by atoms with Gasteiger partial charge in [-0.3, -0.25) is 0 Å². The number of nitrogens with one attached hydrogen (secondary N) is 1. The van der Waals surface area contributed by atoms with Crippen LogP contribution in [0.25, 0.3) is 21.8 Å². The number of anilines is 2. The number of aromatic nitrogens is 3. The van der Waals surface area contributed by atoms with Gasteiger partial charge in [0.25, 0.3) is 0 Å². The number of rotatable bonds is 5. The average molecular weight is 634 g/mol. The van der Waals surface area contributed by atoms with Crippen LogP contribution in [0.5, 0.6) is 0 Å². The minimum absolute atomic E-state index is 0.120. The van der Waals surface area contributed by atoms with Crippen molar-refractivity contribution in [3.63, 3.8) is 0 Å². The van der Waals surface area contributed by atoms with Gasteiger partial charge in [0.1, 0.15) is 11.6 Å². The summed E-state index contributed by atoms with van der Waals surface area (Å²) in [5, 5.41) is 4.50. The van der Waals surface area contributed by atoms with Gasteiger partial charge >= 0.3 is 11.6 Å². The van der Waals surface area contributed by atoms with E-state index in [-0.39, 0.29) is 17.4 Å². The predicted molar refractivity (Wildman–Crippen MR) is 171 cm³/mol. The number of benzene rings is 2. The van der Waals surface area contributed by atoms with Crippen LogP contribution in [-0.2, 0) is 11.6 Å². The molecule has 0 atom stereocenters. The quantitative estimate of drug-likeness (QED) is 0.150. The molecule has 2 aromatic heterocycles. The minimum Gasteiger partial charge on any atom is -0.396 e. The van der Waals surface area contributed by atoms with E-state index in [0.29, 0.717) is 16.9 Å². The molecule has 7 nitrogen and oxygen atoms in total. The summed E-state index contributed by atoms with van der Waals surface area (Å²) >= 11 is 4.69. The highest BCUT2D eigenvalue weighted by molar-refractivity contribution is 7.80. The Morgan fingerprint density at radius 3 is 2.24 bits per heavy atom. The van der Waals surface area contributed by atoms with Gasteiger partial charge in [-0.1, -0.05) is 59.1 Å². The van der Waals surface area contributed by atoms with E-state index in [1.165, 1.54) is 31.4 Å². The van der Waals surface area contributed by atoms with Gasteiger partial charge in [-0.25, -0.2) is 23.7 Å². The van der Waals surface area contributed by atoms with Gasteiger partial charge in [-0.2, -0.15) is 8.42 Å². The Labute approximate surface area is 259 Å². The molecule has 1 aliphatic rings. The molecule has 5 rings (SSSR count). The van der Waals surface area contributed by atoms with Crippen LogP contribution in [0.4, 0.5) is 20.4 Å². The lowest BCUT2D eigenvalue weighted by Gasteiger charge is -2.22. The first kappa shape index (κ1) is 35.0. The van der Waals surface area contributed by atoms with E-state index in [1.54, 1.807) is 47.9 Å². The van der Waals surface area contributed by atoms with Gasteiger partial charge in [0.05, 0.1) is 27.0 Å². The van der Waals surface area contributed by atoms with Crippen LogP contribution in [0, 0.1) is 11.6 Å². The van der Waals surface area contributed by atoms with Crippen molar-refractivity contribution in [2.75, 3.05) is 11.1 Å². The predicted octanol–water partition coefficient (Wildman–Crippen LogP) is 8.33. The molecule has 0 radical (unpaired) electrons. The summed E-state index contributed by atoms with van der Waals surface area (Å²) in [5.41, 5.74) is 8.33. The third-order valence-electron chi connectivity index (χ3n) is 6.09. The van der Waals surface area contributed by atoms with Crippen molar-refractivity contribution in [3.8, 4) is 21.8 Å². The molecule has 4 aromatic rings. The molecular weight excluding hydrogens is 597 g/mol. The number of halogens is 2. The Morgan fingerprint density at radius 2 is 1.67 bits per heavy atom. The molecule has 1 fully saturated rings. The Morgan fingerprint density at radius 1 is 1.00 bits per heavy atom. The first-order chi connectivity index (χ1) is 20.2. The van der Waals surface area contributed by atoms with E-state index in [2.05, 4.69) is 36.8 Å². The zero-order valence-corrected chi connectivity index (χ0v) is 26.7. The third-order valence-corrected chi connectivity index (χ3v) is 7.83. The van der Waals surface area contributed by atoms with E-state index < -0.39 is 17.4 Å². The second-order valence-corrected chi connectivity index (χ2v) is 11.0. The average Bonchev–Trinajstić information content (AvgIpc) is 3.45. The zero-order chi connectivity index (χ0) is 31.1. The molecule has 12 heteroatoms. The fourth-order valence-corrected chi connectivity index (χ4v) is 5.30. The second-order valence-electron chi connectivity index (χ2n) is 9.39. The van der Waals surface area contributed by atoms with Crippen LogP contribution in [0.3, 0.4) is 0 Å². The number of hydrogen-bond acceptors (Lipinski definition) is 9. The van der Waals surface area contributed by atoms with Crippen molar-refractivity contribution in [2.45, 2.75) is 76.7 Å². The molecule has 2 heterocycles. The van der Waals surface area contributed by atoms with Gasteiger partial charge in [0, 0.05) is 28.6 Å². The van der Waals surface area contributed by atoms with E-state index in [9.17, 15) is 8.78 Å². The molecule has 1 aliphatic carbocycles. The van der Waals surface area contributed by atoms with Crippen molar-refractivity contribution >= 4 is 47.2 Å². The highest BCUT2D eigenvalue weighted by atomic mass is 32.1. The maximum atomic E-state index is 13.7. The molecule has 0 saturated heterocycles. The van der Waals surface area contributed by atoms with Gasteiger partial charge in [0.2, 0.25) is 5.95 Å². The summed E-state index contributed by atoms with van der Waals surface area (Å²) in [6, 6.07) is 13.4. The van der Waals surface area contributed by atoms with E-state index in [4.69, 9.17) is 24.1 Å². The normalized spacial score (nSPS) is 12.6. The Bertz CT molecular complexity index is 1420. The third kappa shape index (κ3) is 10.6. The number of nitrogens with zero attached hydrogens (tertiary/aromatic N) is 3. The number of nitrogens with two attached hydrogens (primary N) is 1. The van der Waals surface area contributed by atoms with Crippen molar-refractivity contribution < 1.29 is 17.2 Å². The second kappa shape index (κ2) is 18.3. The highest BCUT2D eigenvalue weighted by Crippen LogP contribution is 2.39. The molecule has 1 saturated carbocycles. The first-order valence-corrected chi connectivity index (χ1v) is 15.7. The number of hydrogen-bond donors (Lipinski definition) is 3. The van der Waals surface area contributed by atoms with E-state index in [0.717, 1.165) is 39.7 Å². The summed E-state index contributed by atoms with van der Waals surface area (Å²) in [6.45, 7) is 8.23. The number of nitrogen functional groups attached to an aromatic ring is 1. The van der Waals surface area contributed by atoms with Crippen LogP contribution < -0.4 is 11.1 Å². The molecule has 3 N–H and O–H groups in total. The van der Waals surface area contributed by atoms with Crippen LogP contribution in [0.15, 0.2) is 59.6 Å². The van der Waals surface area contributed by atoms with Gasteiger partial charge < -0.3 is 11.1 Å². The van der Waals surface area contributed by atoms with E-state index in [1.807, 2.05) is 19.9 Å². The molecule has 0 spiro atoms. The number of thiazole rings is 1. The SMILES string of the molecule is CC.CC(C)c1nc(-c2ccc(F)c(N)c2)c(-c2ccnc(NC3CCCCC3)n2)s1.Fc1ccccc1S.O=S=O. The molecule has 0 bridgehead atoms. The molecule has 0 unspecified atom stereocenters. The monoisotopic (exact) mass is 633 g/mol. The lowest BCUT2D eigenvalue weighted by molar-refractivity contribution is 0.461. The highest BCUT2D eigenvalue weighted by Gasteiger charge is 2.20. The largest absolute Gasteiger partial charge is 0.396 e. The van der Waals surface area contributed by atoms with Crippen LogP contribution in [-0.4, -0.2) is 29.4 Å². The summed E-state index contributed by atoms with van der Waals surface area (Å²) in [7, 11) is 0. The first-order valence-electron chi connectivity index (χ1n) is 13.7. The van der Waals surface area contributed by atoms with Gasteiger partial charge in [0.15, 0.2) is 0 Å². The summed E-state index contributed by atoms with van der Waals surface area (Å²) in [4.78, 5) is 15.4. The summed E-state index contributed by atoms with van der Waals surface area (Å²) in [6.07, 6.45) is 7.91. The van der Waals surface area contributed by atoms with Gasteiger partial charge in [-0.05, 0) is 49.2 Å². The Balaban J connectivity index is 0.000000397. The molecule has 0 amide bonds. The summed E-state index contributed by atoms with van der Waals surface area (Å²) in [5.74, 6) is 0.247. The maximum absolute atomic E-state index is 13.7. The van der Waals surface area contributed by atoms with Gasteiger partial charge in [-0.15, -0.1) is 24.0 Å². The fraction of sp³-hybridized carbons (Fsp3) is 0.367. The molecule has 42 heavy (non-hydrogen) atoms. The molecule has 2 aromatic carbocycles. The standard InChI is InChI=1S/C22H26FN5S.C6H5FS.C2H6.O2S/c1-13(2)21-28-19(14-8-9-16(23)17(24)12-14)20(29-21)18-10-11-25-22(27-18)26-15-6-4-3-5-7-15;7-5-3-1-2-4-6(5)8;1-2;1-3-2/h8-13,15H,3-7,24H2,1-2H3,(H,25,26,27);1-4,8H;1-2H3;. The zero-order valence-electron chi connectivity index (χ0n) is 24.1.